The molecule has 42 heavy (non-hydrogen) atoms. The summed E-state index contributed by atoms with van der Waals surface area (Å²) < 4.78 is 0. The van der Waals surface area contributed by atoms with Crippen LogP contribution in [0, 0.1) is 16.0 Å². The molecule has 0 radical (unpaired) electrons. The van der Waals surface area contributed by atoms with Crippen molar-refractivity contribution in [3.05, 3.63) is 123 Å². The molecular formula is C32H36ClN3O6. The second-order valence-corrected chi connectivity index (χ2v) is 10.8. The summed E-state index contributed by atoms with van der Waals surface area (Å²) >= 11 is 0. The Labute approximate surface area is 251 Å². The number of non-ortho nitro benzene ring substituents is 1. The monoisotopic (exact) mass is 593 g/mol. The van der Waals surface area contributed by atoms with Crippen LogP contribution in [0.2, 0.25) is 0 Å². The van der Waals surface area contributed by atoms with Crippen LogP contribution >= 0.6 is 12.4 Å². The second kappa shape index (κ2) is 13.2. The van der Waals surface area contributed by atoms with Crippen molar-refractivity contribution in [1.82, 2.24) is 4.90 Å². The summed E-state index contributed by atoms with van der Waals surface area (Å²) in [6, 6.07) is 24.8. The Balaban J connectivity index is 0.00000484. The number of rotatable bonds is 10. The van der Waals surface area contributed by atoms with Crippen LogP contribution in [0.1, 0.15) is 55.7 Å². The molecule has 4 atom stereocenters. The van der Waals surface area contributed by atoms with Crippen LogP contribution in [0.4, 0.5) is 5.69 Å². The zero-order chi connectivity index (χ0) is 29.9. The summed E-state index contributed by atoms with van der Waals surface area (Å²) in [5.74, 6) is -4.99. The number of nitro groups is 1. The Bertz CT molecular complexity index is 1420. The lowest BCUT2D eigenvalue weighted by molar-refractivity contribution is -0.384. The number of halogens is 1. The van der Waals surface area contributed by atoms with Gasteiger partial charge in [0.25, 0.3) is 5.69 Å². The van der Waals surface area contributed by atoms with E-state index in [1.54, 1.807) is 26.8 Å². The summed E-state index contributed by atoms with van der Waals surface area (Å²) in [6.07, 6.45) is 0.564. The number of carboxylic acids is 2. The molecule has 1 heterocycles. The third kappa shape index (κ3) is 6.03. The van der Waals surface area contributed by atoms with Crippen LogP contribution in [0.25, 0.3) is 0 Å². The molecule has 0 saturated carbocycles. The first kappa shape index (κ1) is 32.3. The molecule has 0 amide bonds. The van der Waals surface area contributed by atoms with Gasteiger partial charge in [-0.3, -0.25) is 14.9 Å². The van der Waals surface area contributed by atoms with Crippen molar-refractivity contribution in [3.8, 4) is 0 Å². The number of allylic oxidation sites excluding steroid dienone is 1. The highest BCUT2D eigenvalue weighted by Crippen LogP contribution is 2.50. The average Bonchev–Trinajstić information content (AvgIpc) is 2.95. The Hall–Kier alpha value is -4.21. The first-order chi connectivity index (χ1) is 19.5. The highest BCUT2D eigenvalue weighted by Gasteiger charge is 2.56. The van der Waals surface area contributed by atoms with Crippen molar-refractivity contribution in [1.29, 1.82) is 0 Å². The molecule has 0 aliphatic carbocycles. The van der Waals surface area contributed by atoms with E-state index in [1.165, 1.54) is 18.2 Å². The number of nitrogens with zero attached hydrogens (tertiary/aromatic N) is 2. The molecule has 0 spiro atoms. The molecule has 0 fully saturated rings. The van der Waals surface area contributed by atoms with E-state index >= 15 is 0 Å². The van der Waals surface area contributed by atoms with E-state index in [0.717, 1.165) is 11.1 Å². The highest BCUT2D eigenvalue weighted by molar-refractivity contribution is 5.92. The zero-order valence-corrected chi connectivity index (χ0v) is 24.5. The van der Waals surface area contributed by atoms with Gasteiger partial charge in [0.15, 0.2) is 0 Å². The van der Waals surface area contributed by atoms with E-state index < -0.39 is 40.3 Å². The topological polar surface area (TPSA) is 147 Å². The predicted molar refractivity (Wildman–Crippen MR) is 163 cm³/mol. The Morgan fingerprint density at radius 2 is 1.55 bits per heavy atom. The zero-order valence-electron chi connectivity index (χ0n) is 23.7. The van der Waals surface area contributed by atoms with Crippen LogP contribution in [-0.2, 0) is 9.59 Å². The molecule has 4 unspecified atom stereocenters. The van der Waals surface area contributed by atoms with Gasteiger partial charge in [-0.2, -0.15) is 0 Å². The maximum atomic E-state index is 13.0. The number of benzene rings is 3. The smallest absolute Gasteiger partial charge is 0.333 e. The largest absolute Gasteiger partial charge is 0.481 e. The van der Waals surface area contributed by atoms with Gasteiger partial charge in [0.1, 0.15) is 0 Å². The maximum absolute atomic E-state index is 13.0. The van der Waals surface area contributed by atoms with Gasteiger partial charge >= 0.3 is 11.9 Å². The number of nitrogens with two attached hydrogens (primary N) is 1. The number of aliphatic carboxylic acids is 2. The first-order valence-corrected chi connectivity index (χ1v) is 13.5. The minimum atomic E-state index is -1.30. The van der Waals surface area contributed by atoms with Crippen LogP contribution in [0.3, 0.4) is 0 Å². The van der Waals surface area contributed by atoms with Gasteiger partial charge in [-0.05, 0) is 43.9 Å². The number of nitro benzene ring substituents is 1. The van der Waals surface area contributed by atoms with Crippen molar-refractivity contribution in [2.45, 2.75) is 50.6 Å². The fraction of sp³-hybridized carbons (Fsp3) is 0.312. The number of hydrogen-bond donors (Lipinski definition) is 3. The summed E-state index contributed by atoms with van der Waals surface area (Å²) in [6.45, 7) is 5.48. The van der Waals surface area contributed by atoms with E-state index in [9.17, 15) is 29.9 Å². The lowest BCUT2D eigenvalue weighted by Gasteiger charge is -2.55. The molecule has 3 aromatic rings. The number of carboxylic acid groups (broad SMARTS) is 2. The first-order valence-electron chi connectivity index (χ1n) is 13.5. The summed E-state index contributed by atoms with van der Waals surface area (Å²) in [5, 5.41) is 32.6. The summed E-state index contributed by atoms with van der Waals surface area (Å²) in [5.41, 5.74) is 7.82. The normalized spacial score (nSPS) is 21.0. The van der Waals surface area contributed by atoms with Crippen molar-refractivity contribution in [2.24, 2.45) is 11.7 Å². The van der Waals surface area contributed by atoms with Crippen LogP contribution in [0.15, 0.2) is 96.2 Å². The Morgan fingerprint density at radius 1 is 1.00 bits per heavy atom. The van der Waals surface area contributed by atoms with Gasteiger partial charge < -0.3 is 20.8 Å². The fourth-order valence-electron chi connectivity index (χ4n) is 6.37. The van der Waals surface area contributed by atoms with Crippen molar-refractivity contribution in [3.63, 3.8) is 0 Å². The van der Waals surface area contributed by atoms with Crippen molar-refractivity contribution in [2.75, 3.05) is 6.54 Å². The molecule has 4 N–H and O–H groups in total. The van der Waals surface area contributed by atoms with Gasteiger partial charge in [0.2, 0.25) is 0 Å². The molecule has 0 saturated heterocycles. The molecule has 3 aromatic carbocycles. The molecule has 0 aromatic heterocycles. The Kier molecular flexibility index (Phi) is 10.1. The van der Waals surface area contributed by atoms with Gasteiger partial charge in [-0.1, -0.05) is 72.8 Å². The SMILES string of the molecule is CC1=C(C(=O)O)C(c2cccc([N+](=O)[O-])c2)C(C(=O)O)C(C)(C(C)N)N1CCC(c1ccccc1)c1ccccc1.Cl. The molecule has 10 heteroatoms. The van der Waals surface area contributed by atoms with E-state index in [2.05, 4.69) is 0 Å². The average molecular weight is 594 g/mol. The third-order valence-electron chi connectivity index (χ3n) is 8.55. The molecule has 0 bridgehead atoms. The molecule has 1 aliphatic heterocycles. The summed E-state index contributed by atoms with van der Waals surface area (Å²) in [7, 11) is 0. The lowest BCUT2D eigenvalue weighted by Crippen LogP contribution is -2.66. The number of carbonyl (C=O) groups is 2. The molecule has 4 rings (SSSR count). The highest BCUT2D eigenvalue weighted by atomic mass is 35.5. The summed E-state index contributed by atoms with van der Waals surface area (Å²) in [4.78, 5) is 38.6. The van der Waals surface area contributed by atoms with Crippen molar-refractivity contribution < 1.29 is 24.7 Å². The van der Waals surface area contributed by atoms with Gasteiger partial charge in [0.05, 0.1) is 22.0 Å². The minimum Gasteiger partial charge on any atom is -0.481 e. The van der Waals surface area contributed by atoms with Crippen molar-refractivity contribution >= 4 is 30.0 Å². The minimum absolute atomic E-state index is 0. The Morgan fingerprint density at radius 3 is 2.00 bits per heavy atom. The van der Waals surface area contributed by atoms with Gasteiger partial charge in [-0.15, -0.1) is 12.4 Å². The molecule has 9 nitrogen and oxygen atoms in total. The fourth-order valence-corrected chi connectivity index (χ4v) is 6.37. The quantitative estimate of drug-likeness (QED) is 0.197. The second-order valence-electron chi connectivity index (χ2n) is 10.8. The molecule has 1 aliphatic rings. The molecule has 222 valence electrons. The van der Waals surface area contributed by atoms with E-state index in [-0.39, 0.29) is 35.1 Å². The maximum Gasteiger partial charge on any atom is 0.333 e. The van der Waals surface area contributed by atoms with E-state index in [0.29, 0.717) is 18.7 Å². The lowest BCUT2D eigenvalue weighted by atomic mass is 9.64. The van der Waals surface area contributed by atoms with Gasteiger partial charge in [-0.25, -0.2) is 4.79 Å². The van der Waals surface area contributed by atoms with E-state index in [1.807, 2.05) is 65.6 Å². The van der Waals surface area contributed by atoms with E-state index in [4.69, 9.17) is 5.73 Å². The molecular weight excluding hydrogens is 558 g/mol. The van der Waals surface area contributed by atoms with Gasteiger partial charge in [0, 0.05) is 42.3 Å². The number of hydrogen-bond acceptors (Lipinski definition) is 6. The predicted octanol–water partition coefficient (Wildman–Crippen LogP) is 5.80. The van der Waals surface area contributed by atoms with Crippen LogP contribution in [-0.4, -0.2) is 50.1 Å². The standard InChI is InChI=1S/C32H35N3O6.ClH/c1-20-27(30(36)37)28(24-15-10-16-25(19-24)35(40)41)29(31(38)39)32(3,21(2)33)34(20)18-17-26(22-11-6-4-7-12-22)23-13-8-5-9-14-23;/h4-16,19,21,26,28-29H,17-18,33H2,1-3H3,(H,36,37)(H,38,39);1H. The third-order valence-corrected chi connectivity index (χ3v) is 8.55. The van der Waals surface area contributed by atoms with Crippen LogP contribution in [0.5, 0.6) is 0 Å². The van der Waals surface area contributed by atoms with Crippen LogP contribution < -0.4 is 5.73 Å².